The molecule has 1 N–H and O–H groups in total. The van der Waals surface area contributed by atoms with Crippen molar-refractivity contribution in [2.75, 3.05) is 18.5 Å². The van der Waals surface area contributed by atoms with Gasteiger partial charge in [-0.05, 0) is 26.0 Å². The quantitative estimate of drug-likeness (QED) is 0.654. The van der Waals surface area contributed by atoms with E-state index in [1.807, 2.05) is 13.8 Å². The Morgan fingerprint density at radius 3 is 3.00 bits per heavy atom. The largest absolute Gasteiger partial charge is 0.378 e. The molecule has 0 spiro atoms. The van der Waals surface area contributed by atoms with Crippen LogP contribution in [0.5, 0.6) is 0 Å². The molecule has 0 aliphatic heterocycles. The molecule has 7 heteroatoms. The SMILES string of the molecule is CCOC(C)CNc1c(F)cc([N+](=O)[O-])c2cccnc12. The van der Waals surface area contributed by atoms with Crippen LogP contribution >= 0.6 is 0 Å². The van der Waals surface area contributed by atoms with E-state index in [1.54, 1.807) is 12.1 Å². The smallest absolute Gasteiger partial charge is 0.281 e. The van der Waals surface area contributed by atoms with E-state index in [0.717, 1.165) is 6.07 Å². The number of halogens is 1. The Balaban J connectivity index is 2.42. The molecule has 1 atom stereocenters. The molecule has 6 nitrogen and oxygen atoms in total. The Labute approximate surface area is 121 Å². The summed E-state index contributed by atoms with van der Waals surface area (Å²) in [7, 11) is 0. The number of nitro benzene ring substituents is 1. The first kappa shape index (κ1) is 15.1. The van der Waals surface area contributed by atoms with Crippen LogP contribution in [0.25, 0.3) is 10.9 Å². The van der Waals surface area contributed by atoms with Crippen LogP contribution < -0.4 is 5.32 Å². The van der Waals surface area contributed by atoms with Gasteiger partial charge in [0.15, 0.2) is 5.82 Å². The fourth-order valence-electron chi connectivity index (χ4n) is 2.10. The van der Waals surface area contributed by atoms with E-state index in [4.69, 9.17) is 4.74 Å². The van der Waals surface area contributed by atoms with Crippen LogP contribution in [-0.2, 0) is 4.74 Å². The van der Waals surface area contributed by atoms with E-state index in [-0.39, 0.29) is 23.0 Å². The van der Waals surface area contributed by atoms with Crippen molar-refractivity contribution in [1.82, 2.24) is 4.98 Å². The van der Waals surface area contributed by atoms with Crippen LogP contribution in [0.2, 0.25) is 0 Å². The fraction of sp³-hybridized carbons (Fsp3) is 0.357. The van der Waals surface area contributed by atoms with Gasteiger partial charge in [0.25, 0.3) is 5.69 Å². The lowest BCUT2D eigenvalue weighted by molar-refractivity contribution is -0.383. The van der Waals surface area contributed by atoms with Gasteiger partial charge in [0.2, 0.25) is 0 Å². The van der Waals surface area contributed by atoms with E-state index in [9.17, 15) is 14.5 Å². The molecule has 112 valence electrons. The van der Waals surface area contributed by atoms with Crippen molar-refractivity contribution in [2.45, 2.75) is 20.0 Å². The molecule has 1 aromatic carbocycles. The summed E-state index contributed by atoms with van der Waals surface area (Å²) < 4.78 is 19.5. The summed E-state index contributed by atoms with van der Waals surface area (Å²) in [6, 6.07) is 4.05. The van der Waals surface area contributed by atoms with Gasteiger partial charge in [0, 0.05) is 19.3 Å². The lowest BCUT2D eigenvalue weighted by atomic mass is 10.1. The Bertz CT molecular complexity index is 663. The molecule has 0 saturated heterocycles. The molecule has 0 aliphatic rings. The zero-order valence-corrected chi connectivity index (χ0v) is 11.8. The topological polar surface area (TPSA) is 77.3 Å². The molecule has 21 heavy (non-hydrogen) atoms. The number of nitro groups is 1. The van der Waals surface area contributed by atoms with E-state index in [0.29, 0.717) is 18.5 Å². The number of hydrogen-bond acceptors (Lipinski definition) is 5. The van der Waals surface area contributed by atoms with E-state index < -0.39 is 10.7 Å². The Morgan fingerprint density at radius 2 is 2.33 bits per heavy atom. The zero-order valence-electron chi connectivity index (χ0n) is 11.8. The van der Waals surface area contributed by atoms with Gasteiger partial charge >= 0.3 is 0 Å². The number of hydrogen-bond donors (Lipinski definition) is 1. The molecular formula is C14H16FN3O3. The lowest BCUT2D eigenvalue weighted by Crippen LogP contribution is -2.20. The fourth-order valence-corrected chi connectivity index (χ4v) is 2.10. The molecule has 0 bridgehead atoms. The summed E-state index contributed by atoms with van der Waals surface area (Å²) in [5, 5.41) is 14.2. The third kappa shape index (κ3) is 3.25. The van der Waals surface area contributed by atoms with Gasteiger partial charge in [-0.15, -0.1) is 0 Å². The van der Waals surface area contributed by atoms with Gasteiger partial charge < -0.3 is 10.1 Å². The second-order valence-corrected chi connectivity index (χ2v) is 4.56. The van der Waals surface area contributed by atoms with Crippen LogP contribution in [0.1, 0.15) is 13.8 Å². The number of pyridine rings is 1. The first-order valence-electron chi connectivity index (χ1n) is 6.61. The van der Waals surface area contributed by atoms with Crippen molar-refractivity contribution in [1.29, 1.82) is 0 Å². The molecule has 1 heterocycles. The minimum Gasteiger partial charge on any atom is -0.378 e. The predicted molar refractivity (Wildman–Crippen MR) is 77.9 cm³/mol. The number of aromatic nitrogens is 1. The van der Waals surface area contributed by atoms with Crippen LogP contribution in [0.3, 0.4) is 0 Å². The average Bonchev–Trinajstić information content (AvgIpc) is 2.45. The van der Waals surface area contributed by atoms with Crippen molar-refractivity contribution in [2.24, 2.45) is 0 Å². The molecule has 0 amide bonds. The minimum atomic E-state index is -0.698. The standard InChI is InChI=1S/C14H16FN3O3/c1-3-21-9(2)8-17-14-11(15)7-12(18(19)20)10-5-4-6-16-13(10)14/h4-7,9,17H,3,8H2,1-2H3. The number of benzene rings is 1. The van der Waals surface area contributed by atoms with Crippen molar-refractivity contribution < 1.29 is 14.1 Å². The van der Waals surface area contributed by atoms with Crippen molar-refractivity contribution in [3.05, 3.63) is 40.3 Å². The summed E-state index contributed by atoms with van der Waals surface area (Å²) in [5.74, 6) is -0.698. The molecule has 1 unspecified atom stereocenters. The first-order chi connectivity index (χ1) is 10.0. The van der Waals surface area contributed by atoms with Gasteiger partial charge in [-0.25, -0.2) is 4.39 Å². The molecule has 2 aromatic rings. The number of fused-ring (bicyclic) bond motifs is 1. The van der Waals surface area contributed by atoms with Crippen LogP contribution in [0, 0.1) is 15.9 Å². The molecular weight excluding hydrogens is 277 g/mol. The third-order valence-corrected chi connectivity index (χ3v) is 3.04. The van der Waals surface area contributed by atoms with Crippen molar-refractivity contribution in [3.8, 4) is 0 Å². The second-order valence-electron chi connectivity index (χ2n) is 4.56. The summed E-state index contributed by atoms with van der Waals surface area (Å²) in [6.07, 6.45) is 1.37. The number of anilines is 1. The van der Waals surface area contributed by atoms with Gasteiger partial charge in [-0.3, -0.25) is 15.1 Å². The maximum absolute atomic E-state index is 14.1. The van der Waals surface area contributed by atoms with Crippen molar-refractivity contribution >= 4 is 22.3 Å². The minimum absolute atomic E-state index is 0.108. The maximum atomic E-state index is 14.1. The number of ether oxygens (including phenoxy) is 1. The predicted octanol–water partition coefficient (Wildman–Crippen LogP) is 3.12. The van der Waals surface area contributed by atoms with E-state index in [1.165, 1.54) is 6.20 Å². The highest BCUT2D eigenvalue weighted by atomic mass is 19.1. The molecule has 1 aromatic heterocycles. The first-order valence-corrected chi connectivity index (χ1v) is 6.61. The summed E-state index contributed by atoms with van der Waals surface area (Å²) in [6.45, 7) is 4.67. The molecule has 2 rings (SSSR count). The van der Waals surface area contributed by atoms with E-state index in [2.05, 4.69) is 10.3 Å². The molecule has 0 radical (unpaired) electrons. The van der Waals surface area contributed by atoms with Gasteiger partial charge in [0.1, 0.15) is 5.52 Å². The monoisotopic (exact) mass is 293 g/mol. The Morgan fingerprint density at radius 1 is 1.57 bits per heavy atom. The third-order valence-electron chi connectivity index (χ3n) is 3.04. The van der Waals surface area contributed by atoms with Crippen LogP contribution in [0.4, 0.5) is 15.8 Å². The lowest BCUT2D eigenvalue weighted by Gasteiger charge is -2.15. The summed E-state index contributed by atoms with van der Waals surface area (Å²) in [5.41, 5.74) is 0.106. The zero-order chi connectivity index (χ0) is 15.4. The number of non-ortho nitro benzene ring substituents is 1. The summed E-state index contributed by atoms with van der Waals surface area (Å²) >= 11 is 0. The normalized spacial score (nSPS) is 12.3. The molecule has 0 aliphatic carbocycles. The Hall–Kier alpha value is -2.28. The van der Waals surface area contributed by atoms with Gasteiger partial charge in [-0.2, -0.15) is 0 Å². The average molecular weight is 293 g/mol. The number of nitrogens with zero attached hydrogens (tertiary/aromatic N) is 2. The molecule has 0 fully saturated rings. The second kappa shape index (κ2) is 6.45. The Kier molecular flexibility index (Phi) is 4.64. The van der Waals surface area contributed by atoms with E-state index >= 15 is 0 Å². The van der Waals surface area contributed by atoms with Gasteiger partial charge in [-0.1, -0.05) is 0 Å². The highest BCUT2D eigenvalue weighted by molar-refractivity contribution is 5.97. The number of nitrogens with one attached hydrogen (secondary N) is 1. The highest BCUT2D eigenvalue weighted by Crippen LogP contribution is 2.32. The van der Waals surface area contributed by atoms with Gasteiger partial charge in [0.05, 0.1) is 28.2 Å². The highest BCUT2D eigenvalue weighted by Gasteiger charge is 2.20. The summed E-state index contributed by atoms with van der Waals surface area (Å²) in [4.78, 5) is 14.5. The number of rotatable bonds is 6. The maximum Gasteiger partial charge on any atom is 0.281 e. The van der Waals surface area contributed by atoms with Crippen molar-refractivity contribution in [3.63, 3.8) is 0 Å². The van der Waals surface area contributed by atoms with Crippen LogP contribution in [-0.4, -0.2) is 29.2 Å². The molecule has 0 saturated carbocycles. The van der Waals surface area contributed by atoms with Crippen LogP contribution in [0.15, 0.2) is 24.4 Å².